The van der Waals surface area contributed by atoms with Crippen LogP contribution >= 0.6 is 0 Å². The molecular weight excluding hydrogens is 354 g/mol. The summed E-state index contributed by atoms with van der Waals surface area (Å²) in [6.07, 6.45) is 0. The van der Waals surface area contributed by atoms with E-state index in [1.54, 1.807) is 53.4 Å². The van der Waals surface area contributed by atoms with E-state index in [-0.39, 0.29) is 28.4 Å². The van der Waals surface area contributed by atoms with Crippen LogP contribution in [0, 0.1) is 0 Å². The minimum absolute atomic E-state index is 0.0425. The Labute approximate surface area is 160 Å². The molecule has 136 valence electrons. The van der Waals surface area contributed by atoms with Crippen molar-refractivity contribution in [3.8, 4) is 5.75 Å². The second-order valence-electron chi connectivity index (χ2n) is 6.68. The first-order valence-corrected chi connectivity index (χ1v) is 8.88. The van der Waals surface area contributed by atoms with Gasteiger partial charge in [-0.15, -0.1) is 0 Å². The van der Waals surface area contributed by atoms with Gasteiger partial charge in [-0.05, 0) is 42.0 Å². The van der Waals surface area contributed by atoms with Gasteiger partial charge in [0.25, 0.3) is 5.91 Å². The smallest absolute Gasteiger partial charge is 0.295 e. The van der Waals surface area contributed by atoms with Gasteiger partial charge in [-0.3, -0.25) is 14.5 Å². The zero-order valence-electron chi connectivity index (χ0n) is 14.7. The zero-order valence-corrected chi connectivity index (χ0v) is 14.7. The third kappa shape index (κ3) is 2.33. The third-order valence-corrected chi connectivity index (χ3v) is 5.00. The molecule has 1 unspecified atom stereocenters. The van der Waals surface area contributed by atoms with Crippen LogP contribution in [0.1, 0.15) is 27.7 Å². The Balaban J connectivity index is 1.84. The molecule has 0 bridgehead atoms. The molecule has 1 aliphatic rings. The van der Waals surface area contributed by atoms with E-state index >= 15 is 0 Å². The molecule has 0 aliphatic carbocycles. The summed E-state index contributed by atoms with van der Waals surface area (Å²) in [6.45, 7) is 0. The number of hydrogen-bond donors (Lipinski definition) is 1. The van der Waals surface area contributed by atoms with Gasteiger partial charge in [0.1, 0.15) is 11.3 Å². The van der Waals surface area contributed by atoms with Crippen LogP contribution in [-0.2, 0) is 0 Å². The molecule has 5 nitrogen and oxygen atoms in total. The summed E-state index contributed by atoms with van der Waals surface area (Å²) in [5, 5.41) is 10.4. The van der Waals surface area contributed by atoms with Crippen LogP contribution in [0.25, 0.3) is 11.0 Å². The molecule has 5 rings (SSSR count). The van der Waals surface area contributed by atoms with E-state index in [0.717, 1.165) is 0 Å². The minimum Gasteiger partial charge on any atom is -0.508 e. The summed E-state index contributed by atoms with van der Waals surface area (Å²) in [7, 11) is 0. The Morgan fingerprint density at radius 3 is 2.39 bits per heavy atom. The highest BCUT2D eigenvalue weighted by atomic mass is 16.3. The molecule has 1 N–H and O–H groups in total. The van der Waals surface area contributed by atoms with Crippen LogP contribution in [-0.4, -0.2) is 11.0 Å². The molecule has 28 heavy (non-hydrogen) atoms. The molecule has 4 aromatic rings. The molecule has 0 fully saturated rings. The van der Waals surface area contributed by atoms with Crippen molar-refractivity contribution in [3.63, 3.8) is 0 Å². The monoisotopic (exact) mass is 369 g/mol. The molecule has 5 heteroatoms. The first kappa shape index (κ1) is 16.3. The van der Waals surface area contributed by atoms with Gasteiger partial charge in [0.2, 0.25) is 5.76 Å². The first-order chi connectivity index (χ1) is 13.6. The third-order valence-electron chi connectivity index (χ3n) is 5.00. The molecule has 1 amide bonds. The van der Waals surface area contributed by atoms with E-state index in [1.165, 1.54) is 0 Å². The zero-order chi connectivity index (χ0) is 19.3. The quantitative estimate of drug-likeness (QED) is 0.573. The Morgan fingerprint density at radius 1 is 0.857 bits per heavy atom. The minimum atomic E-state index is -0.683. The van der Waals surface area contributed by atoms with Gasteiger partial charge in [0.15, 0.2) is 5.43 Å². The molecule has 0 radical (unpaired) electrons. The van der Waals surface area contributed by atoms with E-state index in [1.807, 2.05) is 30.3 Å². The lowest BCUT2D eigenvalue weighted by atomic mass is 9.98. The fourth-order valence-corrected chi connectivity index (χ4v) is 3.78. The molecule has 1 aromatic heterocycles. The molecule has 2 heterocycles. The molecule has 0 saturated carbocycles. The van der Waals surface area contributed by atoms with E-state index in [2.05, 4.69) is 0 Å². The van der Waals surface area contributed by atoms with Gasteiger partial charge in [-0.25, -0.2) is 0 Å². The average Bonchev–Trinajstić information content (AvgIpc) is 3.02. The highest BCUT2D eigenvalue weighted by molar-refractivity contribution is 6.10. The van der Waals surface area contributed by atoms with Crippen molar-refractivity contribution in [2.75, 3.05) is 4.90 Å². The summed E-state index contributed by atoms with van der Waals surface area (Å²) in [5.41, 5.74) is 1.72. The summed E-state index contributed by atoms with van der Waals surface area (Å²) < 4.78 is 5.88. The van der Waals surface area contributed by atoms with Gasteiger partial charge in [0, 0.05) is 5.69 Å². The van der Waals surface area contributed by atoms with Gasteiger partial charge >= 0.3 is 0 Å². The Kier molecular flexibility index (Phi) is 3.55. The maximum Gasteiger partial charge on any atom is 0.295 e. The SMILES string of the molecule is O=C1c2oc3ccccc3c(=O)c2C(c2cccc(O)c2)N1c1ccccc1. The topological polar surface area (TPSA) is 70.8 Å². The van der Waals surface area contributed by atoms with Crippen molar-refractivity contribution in [3.05, 3.63) is 106 Å². The molecule has 0 saturated heterocycles. The van der Waals surface area contributed by atoms with Crippen LogP contribution < -0.4 is 10.3 Å². The van der Waals surface area contributed by atoms with Crippen LogP contribution in [0.2, 0.25) is 0 Å². The number of benzene rings is 3. The maximum atomic E-state index is 13.3. The van der Waals surface area contributed by atoms with Crippen molar-refractivity contribution in [1.29, 1.82) is 0 Å². The van der Waals surface area contributed by atoms with E-state index < -0.39 is 6.04 Å². The van der Waals surface area contributed by atoms with Crippen LogP contribution in [0.4, 0.5) is 5.69 Å². The second-order valence-corrected chi connectivity index (χ2v) is 6.68. The van der Waals surface area contributed by atoms with Crippen molar-refractivity contribution in [2.45, 2.75) is 6.04 Å². The van der Waals surface area contributed by atoms with Crippen molar-refractivity contribution < 1.29 is 14.3 Å². The summed E-state index contributed by atoms with van der Waals surface area (Å²) in [4.78, 5) is 28.1. The predicted octanol–water partition coefficient (Wildman–Crippen LogP) is 4.25. The van der Waals surface area contributed by atoms with Crippen LogP contribution in [0.15, 0.2) is 88.1 Å². The number of nitrogens with zero attached hydrogens (tertiary/aromatic N) is 1. The molecule has 0 spiro atoms. The second kappa shape index (κ2) is 6.09. The number of aromatic hydroxyl groups is 1. The fourth-order valence-electron chi connectivity index (χ4n) is 3.78. The number of carbonyl (C=O) groups excluding carboxylic acids is 1. The lowest BCUT2D eigenvalue weighted by Gasteiger charge is -2.25. The van der Waals surface area contributed by atoms with Crippen molar-refractivity contribution >= 4 is 22.6 Å². The summed E-state index contributed by atoms with van der Waals surface area (Å²) in [6, 6.07) is 22.0. The number of anilines is 1. The normalized spacial score (nSPS) is 15.8. The summed E-state index contributed by atoms with van der Waals surface area (Å²) in [5.74, 6) is -0.269. The number of para-hydroxylation sites is 2. The molecule has 3 aromatic carbocycles. The number of hydrogen-bond acceptors (Lipinski definition) is 4. The number of fused-ring (bicyclic) bond motifs is 2. The van der Waals surface area contributed by atoms with Gasteiger partial charge in [-0.2, -0.15) is 0 Å². The van der Waals surface area contributed by atoms with Crippen LogP contribution in [0.3, 0.4) is 0 Å². The number of amides is 1. The molecular formula is C23H15NO4. The van der Waals surface area contributed by atoms with Gasteiger partial charge in [-0.1, -0.05) is 42.5 Å². The number of carbonyl (C=O) groups is 1. The average molecular weight is 369 g/mol. The highest BCUT2D eigenvalue weighted by Gasteiger charge is 2.43. The highest BCUT2D eigenvalue weighted by Crippen LogP contribution is 2.41. The van der Waals surface area contributed by atoms with Crippen LogP contribution in [0.5, 0.6) is 5.75 Å². The standard InChI is InChI=1S/C23H15NO4/c25-16-10-6-7-14(13-16)20-19-21(26)17-11-4-5-12-18(17)28-22(19)23(27)24(20)15-8-2-1-3-9-15/h1-13,20,25H. The maximum absolute atomic E-state index is 13.3. The van der Waals surface area contributed by atoms with Gasteiger partial charge < -0.3 is 9.52 Å². The van der Waals surface area contributed by atoms with E-state index in [9.17, 15) is 14.7 Å². The lowest BCUT2D eigenvalue weighted by molar-refractivity contribution is 0.0971. The van der Waals surface area contributed by atoms with Gasteiger partial charge in [0.05, 0.1) is 17.0 Å². The summed E-state index contributed by atoms with van der Waals surface area (Å²) >= 11 is 0. The first-order valence-electron chi connectivity index (χ1n) is 8.88. The Morgan fingerprint density at radius 2 is 1.61 bits per heavy atom. The lowest BCUT2D eigenvalue weighted by Crippen LogP contribution is -2.29. The van der Waals surface area contributed by atoms with Crippen molar-refractivity contribution in [1.82, 2.24) is 0 Å². The molecule has 1 atom stereocenters. The molecule has 1 aliphatic heterocycles. The Hall–Kier alpha value is -3.86. The van der Waals surface area contributed by atoms with E-state index in [0.29, 0.717) is 22.2 Å². The fraction of sp³-hybridized carbons (Fsp3) is 0.0435. The number of rotatable bonds is 2. The predicted molar refractivity (Wildman–Crippen MR) is 106 cm³/mol. The largest absolute Gasteiger partial charge is 0.508 e. The number of phenols is 1. The number of phenolic OH excluding ortho intramolecular Hbond substituents is 1. The van der Waals surface area contributed by atoms with Crippen molar-refractivity contribution in [2.24, 2.45) is 0 Å². The Bertz CT molecular complexity index is 1280. The van der Waals surface area contributed by atoms with E-state index in [4.69, 9.17) is 4.42 Å².